The topological polar surface area (TPSA) is 40.5 Å². The van der Waals surface area contributed by atoms with E-state index in [2.05, 4.69) is 26.0 Å². The molecule has 0 radical (unpaired) electrons. The van der Waals surface area contributed by atoms with Gasteiger partial charge >= 0.3 is 0 Å². The number of aromatic hydroxyl groups is 1. The van der Waals surface area contributed by atoms with Crippen molar-refractivity contribution in [2.24, 2.45) is 0 Å². The molecule has 1 N–H and O–H groups in total. The fourth-order valence-corrected chi connectivity index (χ4v) is 2.07. The second-order valence-corrected chi connectivity index (χ2v) is 5.57. The molecule has 0 aliphatic heterocycles. The van der Waals surface area contributed by atoms with Crippen molar-refractivity contribution in [2.75, 3.05) is 11.9 Å². The normalized spacial score (nSPS) is 11.1. The Hall–Kier alpha value is -2.55. The number of carbonyl (C=O) groups excluding carboxylic acids is 1. The minimum absolute atomic E-state index is 0.112. The first kappa shape index (κ1) is 15.8. The lowest BCUT2D eigenvalue weighted by molar-refractivity contribution is -0.113. The lowest BCUT2D eigenvalue weighted by atomic mass is 10.0. The summed E-state index contributed by atoms with van der Waals surface area (Å²) >= 11 is 0. The summed E-state index contributed by atoms with van der Waals surface area (Å²) in [6, 6.07) is 14.7. The monoisotopic (exact) mass is 295 g/mol. The van der Waals surface area contributed by atoms with Crippen molar-refractivity contribution in [1.29, 1.82) is 0 Å². The standard InChI is InChI=1S/C19H21NO2/c1-14(2)16-7-4-15(5-8-16)6-13-19(22)20(3)17-9-11-18(21)12-10-17/h4-14,21H,1-3H3/b13-6+. The third kappa shape index (κ3) is 3.98. The van der Waals surface area contributed by atoms with Crippen molar-refractivity contribution < 1.29 is 9.90 Å². The van der Waals surface area contributed by atoms with Gasteiger partial charge in [-0.15, -0.1) is 0 Å². The van der Waals surface area contributed by atoms with Crippen LogP contribution in [0.25, 0.3) is 6.08 Å². The SMILES string of the molecule is CC(C)c1ccc(/C=C/C(=O)N(C)c2ccc(O)cc2)cc1. The Morgan fingerprint density at radius 1 is 1.05 bits per heavy atom. The first-order valence-electron chi connectivity index (χ1n) is 7.32. The molecular weight excluding hydrogens is 274 g/mol. The number of benzene rings is 2. The number of anilines is 1. The van der Waals surface area contributed by atoms with Gasteiger partial charge in [0, 0.05) is 18.8 Å². The van der Waals surface area contributed by atoms with E-state index < -0.39 is 0 Å². The highest BCUT2D eigenvalue weighted by molar-refractivity contribution is 6.03. The van der Waals surface area contributed by atoms with Crippen LogP contribution in [0, 0.1) is 0 Å². The number of hydrogen-bond acceptors (Lipinski definition) is 2. The molecule has 0 spiro atoms. The Morgan fingerprint density at radius 2 is 1.64 bits per heavy atom. The maximum absolute atomic E-state index is 12.2. The van der Waals surface area contributed by atoms with E-state index in [1.54, 1.807) is 42.3 Å². The van der Waals surface area contributed by atoms with Crippen LogP contribution in [0.3, 0.4) is 0 Å². The summed E-state index contributed by atoms with van der Waals surface area (Å²) in [7, 11) is 1.71. The molecule has 3 nitrogen and oxygen atoms in total. The number of likely N-dealkylation sites (N-methyl/N-ethyl adjacent to an activating group) is 1. The Labute approximate surface area is 131 Å². The highest BCUT2D eigenvalue weighted by atomic mass is 16.3. The highest BCUT2D eigenvalue weighted by Gasteiger charge is 2.07. The van der Waals surface area contributed by atoms with Gasteiger partial charge in [0.2, 0.25) is 0 Å². The Bertz CT molecular complexity index is 655. The van der Waals surface area contributed by atoms with Crippen molar-refractivity contribution in [3.8, 4) is 5.75 Å². The van der Waals surface area contributed by atoms with Crippen LogP contribution in [0.15, 0.2) is 54.6 Å². The number of amides is 1. The predicted molar refractivity (Wildman–Crippen MR) is 91.1 cm³/mol. The average molecular weight is 295 g/mol. The molecule has 0 saturated carbocycles. The zero-order valence-corrected chi connectivity index (χ0v) is 13.2. The molecule has 0 atom stereocenters. The van der Waals surface area contributed by atoms with Gasteiger partial charge in [-0.1, -0.05) is 38.1 Å². The van der Waals surface area contributed by atoms with Crippen molar-refractivity contribution in [3.05, 3.63) is 65.7 Å². The van der Waals surface area contributed by atoms with Crippen molar-refractivity contribution >= 4 is 17.7 Å². The molecule has 3 heteroatoms. The summed E-state index contributed by atoms with van der Waals surface area (Å²) in [6.07, 6.45) is 3.36. The van der Waals surface area contributed by atoms with Gasteiger partial charge in [0.1, 0.15) is 5.75 Å². The summed E-state index contributed by atoms with van der Waals surface area (Å²) in [5.74, 6) is 0.573. The van der Waals surface area contributed by atoms with Crippen LogP contribution in [0.4, 0.5) is 5.69 Å². The van der Waals surface area contributed by atoms with Crippen LogP contribution in [0.1, 0.15) is 30.9 Å². The van der Waals surface area contributed by atoms with E-state index in [0.717, 1.165) is 11.3 Å². The molecule has 22 heavy (non-hydrogen) atoms. The molecule has 0 saturated heterocycles. The number of phenols is 1. The van der Waals surface area contributed by atoms with Crippen LogP contribution in [0.5, 0.6) is 5.75 Å². The first-order chi connectivity index (χ1) is 10.5. The summed E-state index contributed by atoms with van der Waals surface area (Å²) < 4.78 is 0. The van der Waals surface area contributed by atoms with Crippen molar-refractivity contribution in [3.63, 3.8) is 0 Å². The number of carbonyl (C=O) groups is 1. The molecule has 0 fully saturated rings. The fourth-order valence-electron chi connectivity index (χ4n) is 2.07. The van der Waals surface area contributed by atoms with Crippen LogP contribution >= 0.6 is 0 Å². The quantitative estimate of drug-likeness (QED) is 0.859. The zero-order chi connectivity index (χ0) is 16.1. The van der Waals surface area contributed by atoms with E-state index in [-0.39, 0.29) is 11.7 Å². The van der Waals surface area contributed by atoms with E-state index in [4.69, 9.17) is 0 Å². The Balaban J connectivity index is 2.05. The number of hydrogen-bond donors (Lipinski definition) is 1. The molecule has 0 aliphatic rings. The van der Waals surface area contributed by atoms with Gasteiger partial charge in [-0.2, -0.15) is 0 Å². The van der Waals surface area contributed by atoms with E-state index in [0.29, 0.717) is 5.92 Å². The average Bonchev–Trinajstić information content (AvgIpc) is 2.53. The number of nitrogens with zero attached hydrogens (tertiary/aromatic N) is 1. The second kappa shape index (κ2) is 6.94. The predicted octanol–water partition coefficient (Wildman–Crippen LogP) is 4.19. The van der Waals surface area contributed by atoms with Crippen LogP contribution < -0.4 is 4.90 Å². The molecule has 2 rings (SSSR count). The summed E-state index contributed by atoms with van der Waals surface area (Å²) in [4.78, 5) is 13.7. The summed E-state index contributed by atoms with van der Waals surface area (Å²) in [5, 5.41) is 9.27. The van der Waals surface area contributed by atoms with Crippen LogP contribution in [0.2, 0.25) is 0 Å². The number of rotatable bonds is 4. The smallest absolute Gasteiger partial charge is 0.250 e. The molecule has 1 amide bonds. The molecule has 0 aromatic heterocycles. The van der Waals surface area contributed by atoms with Crippen molar-refractivity contribution in [2.45, 2.75) is 19.8 Å². The molecule has 2 aromatic rings. The Morgan fingerprint density at radius 3 is 2.18 bits per heavy atom. The number of phenolic OH excluding ortho intramolecular Hbond substituents is 1. The maximum atomic E-state index is 12.2. The van der Waals surface area contributed by atoms with Crippen LogP contribution in [-0.4, -0.2) is 18.1 Å². The molecule has 114 valence electrons. The molecule has 0 bridgehead atoms. The summed E-state index contributed by atoms with van der Waals surface area (Å²) in [6.45, 7) is 4.31. The largest absolute Gasteiger partial charge is 0.508 e. The van der Waals surface area contributed by atoms with E-state index in [1.165, 1.54) is 5.56 Å². The fraction of sp³-hybridized carbons (Fsp3) is 0.211. The van der Waals surface area contributed by atoms with Crippen molar-refractivity contribution in [1.82, 2.24) is 0 Å². The zero-order valence-electron chi connectivity index (χ0n) is 13.2. The maximum Gasteiger partial charge on any atom is 0.250 e. The molecule has 2 aromatic carbocycles. The summed E-state index contributed by atoms with van der Waals surface area (Å²) in [5.41, 5.74) is 3.02. The van der Waals surface area contributed by atoms with Crippen LogP contribution in [-0.2, 0) is 4.79 Å². The minimum atomic E-state index is -0.112. The van der Waals surface area contributed by atoms with Gasteiger partial charge in [-0.25, -0.2) is 0 Å². The van der Waals surface area contributed by atoms with E-state index in [1.807, 2.05) is 18.2 Å². The van der Waals surface area contributed by atoms with E-state index >= 15 is 0 Å². The van der Waals surface area contributed by atoms with Gasteiger partial charge in [0.05, 0.1) is 0 Å². The molecule has 0 aliphatic carbocycles. The third-order valence-corrected chi connectivity index (χ3v) is 3.59. The second-order valence-electron chi connectivity index (χ2n) is 5.57. The molecule has 0 heterocycles. The third-order valence-electron chi connectivity index (χ3n) is 3.59. The van der Waals surface area contributed by atoms with E-state index in [9.17, 15) is 9.90 Å². The van der Waals surface area contributed by atoms with Gasteiger partial charge in [0.25, 0.3) is 5.91 Å². The van der Waals surface area contributed by atoms with Gasteiger partial charge < -0.3 is 10.0 Å². The molecule has 0 unspecified atom stereocenters. The van der Waals surface area contributed by atoms with Gasteiger partial charge in [0.15, 0.2) is 0 Å². The van der Waals surface area contributed by atoms with Gasteiger partial charge in [-0.05, 0) is 47.4 Å². The Kier molecular flexibility index (Phi) is 4.99. The first-order valence-corrected chi connectivity index (χ1v) is 7.32. The minimum Gasteiger partial charge on any atom is -0.508 e. The lowest BCUT2D eigenvalue weighted by Gasteiger charge is -2.15. The lowest BCUT2D eigenvalue weighted by Crippen LogP contribution is -2.23. The van der Waals surface area contributed by atoms with Gasteiger partial charge in [-0.3, -0.25) is 4.79 Å². The highest BCUT2D eigenvalue weighted by Crippen LogP contribution is 2.18. The molecular formula is C19H21NO2.